The van der Waals surface area contributed by atoms with Crippen molar-refractivity contribution in [3.63, 3.8) is 0 Å². The molecule has 0 saturated heterocycles. The number of nitrogens with zero attached hydrogens (tertiary/aromatic N) is 3. The lowest BCUT2D eigenvalue weighted by atomic mass is 10.2. The zero-order chi connectivity index (χ0) is 25.6. The minimum atomic E-state index is -3.96. The largest absolute Gasteiger partial charge is 0.388 e. The number of halogens is 3. The van der Waals surface area contributed by atoms with Crippen LogP contribution in [0, 0.1) is 0 Å². The molecule has 0 fully saturated rings. The smallest absolute Gasteiger partial charge is 0.365 e. The van der Waals surface area contributed by atoms with Crippen molar-refractivity contribution >= 4 is 29.0 Å². The Morgan fingerprint density at radius 2 is 2.00 bits per heavy atom. The van der Waals surface area contributed by atoms with E-state index in [0.29, 0.717) is 27.8 Å². The first-order valence-electron chi connectivity index (χ1n) is 10.2. The predicted octanol–water partition coefficient (Wildman–Crippen LogP) is 3.41. The van der Waals surface area contributed by atoms with Crippen LogP contribution >= 0.6 is 11.3 Å². The molecule has 1 rings (SSSR count). The minimum Gasteiger partial charge on any atom is -0.365 e. The monoisotopic (exact) mass is 490 g/mol. The van der Waals surface area contributed by atoms with E-state index >= 15 is 0 Å². The number of amidine groups is 1. The highest BCUT2D eigenvalue weighted by atomic mass is 32.1. The number of carbonyl (C=O) groups excluding carboxylic acids is 2. The SMILES string of the molecule is C=CNC(/C=C(\C)C(=O)NC(C)c1ncc(C(N)=O)s1)=NCCCN(C)C.CCC(F)(F)F. The molecule has 186 valence electrons. The van der Waals surface area contributed by atoms with Crippen LogP contribution in [-0.4, -0.2) is 60.9 Å². The van der Waals surface area contributed by atoms with Gasteiger partial charge in [0.25, 0.3) is 5.91 Å². The zero-order valence-corrected chi connectivity index (χ0v) is 20.4. The summed E-state index contributed by atoms with van der Waals surface area (Å²) in [5, 5.41) is 6.41. The number of aromatic nitrogens is 1. The number of carbonyl (C=O) groups is 2. The van der Waals surface area contributed by atoms with E-state index in [1.54, 1.807) is 19.9 Å². The average Bonchev–Trinajstić information content (AvgIpc) is 3.21. The van der Waals surface area contributed by atoms with Gasteiger partial charge in [-0.2, -0.15) is 13.2 Å². The Morgan fingerprint density at radius 1 is 1.39 bits per heavy atom. The van der Waals surface area contributed by atoms with Crippen LogP contribution in [0.1, 0.15) is 54.3 Å². The Labute approximate surface area is 196 Å². The second kappa shape index (κ2) is 15.2. The van der Waals surface area contributed by atoms with E-state index in [2.05, 4.69) is 32.1 Å². The molecule has 1 unspecified atom stereocenters. The predicted molar refractivity (Wildman–Crippen MR) is 126 cm³/mol. The molecule has 0 aliphatic heterocycles. The van der Waals surface area contributed by atoms with Crippen LogP contribution in [0.4, 0.5) is 13.2 Å². The van der Waals surface area contributed by atoms with Crippen molar-refractivity contribution < 1.29 is 22.8 Å². The average molecular weight is 491 g/mol. The molecule has 12 heteroatoms. The summed E-state index contributed by atoms with van der Waals surface area (Å²) in [6, 6.07) is -0.341. The van der Waals surface area contributed by atoms with Gasteiger partial charge in [-0.25, -0.2) is 4.98 Å². The number of nitrogens with one attached hydrogen (secondary N) is 2. The topological polar surface area (TPSA) is 113 Å². The van der Waals surface area contributed by atoms with Crippen LogP contribution in [0.15, 0.2) is 35.6 Å². The first-order valence-corrected chi connectivity index (χ1v) is 11.0. The van der Waals surface area contributed by atoms with Gasteiger partial charge in [-0.15, -0.1) is 11.3 Å². The summed E-state index contributed by atoms with van der Waals surface area (Å²) < 4.78 is 32.4. The van der Waals surface area contributed by atoms with E-state index in [0.717, 1.165) is 19.9 Å². The third-order valence-corrected chi connectivity index (χ3v) is 5.09. The van der Waals surface area contributed by atoms with Crippen molar-refractivity contribution in [2.45, 2.75) is 45.8 Å². The van der Waals surface area contributed by atoms with Gasteiger partial charge in [-0.05, 0) is 53.2 Å². The molecule has 0 radical (unpaired) electrons. The molecule has 1 aromatic heterocycles. The molecule has 0 bridgehead atoms. The van der Waals surface area contributed by atoms with Crippen molar-refractivity contribution in [1.82, 2.24) is 20.5 Å². The fraction of sp³-hybridized carbons (Fsp3) is 0.524. The lowest BCUT2D eigenvalue weighted by molar-refractivity contribution is -0.130. The van der Waals surface area contributed by atoms with Crippen molar-refractivity contribution in [2.24, 2.45) is 10.7 Å². The van der Waals surface area contributed by atoms with Crippen LogP contribution in [0.5, 0.6) is 0 Å². The van der Waals surface area contributed by atoms with Gasteiger partial charge in [0.05, 0.1) is 12.2 Å². The van der Waals surface area contributed by atoms with Crippen LogP contribution in [0.25, 0.3) is 0 Å². The van der Waals surface area contributed by atoms with Crippen LogP contribution in [0.3, 0.4) is 0 Å². The Morgan fingerprint density at radius 3 is 2.45 bits per heavy atom. The van der Waals surface area contributed by atoms with E-state index in [4.69, 9.17) is 5.73 Å². The molecule has 4 N–H and O–H groups in total. The Bertz CT molecular complexity index is 834. The summed E-state index contributed by atoms with van der Waals surface area (Å²) in [5.74, 6) is -0.196. The molecule has 0 saturated carbocycles. The first kappa shape index (κ1) is 30.3. The third kappa shape index (κ3) is 14.1. The normalized spacial score (nSPS) is 13.1. The Hall–Kier alpha value is -2.73. The van der Waals surface area contributed by atoms with E-state index in [1.165, 1.54) is 23.7 Å². The maximum Gasteiger partial charge on any atom is 0.388 e. The van der Waals surface area contributed by atoms with E-state index in [1.807, 2.05) is 14.1 Å². The number of hydrogen-bond donors (Lipinski definition) is 3. The fourth-order valence-electron chi connectivity index (χ4n) is 2.07. The van der Waals surface area contributed by atoms with Gasteiger partial charge in [0, 0.05) is 18.5 Å². The highest BCUT2D eigenvalue weighted by molar-refractivity contribution is 7.13. The molecule has 0 spiro atoms. The number of hydrogen-bond acceptors (Lipinski definition) is 6. The molecule has 1 heterocycles. The number of nitrogens with two attached hydrogens (primary N) is 1. The molecule has 0 aliphatic rings. The van der Waals surface area contributed by atoms with Gasteiger partial charge in [-0.3, -0.25) is 14.6 Å². The molecule has 1 atom stereocenters. The molecule has 8 nitrogen and oxygen atoms in total. The second-order valence-corrected chi connectivity index (χ2v) is 8.25. The number of rotatable bonds is 10. The molecule has 0 aromatic carbocycles. The summed E-state index contributed by atoms with van der Waals surface area (Å²) in [4.78, 5) is 34.6. The lowest BCUT2D eigenvalue weighted by Crippen LogP contribution is -2.28. The van der Waals surface area contributed by atoms with Gasteiger partial charge in [0.2, 0.25) is 5.91 Å². The molecular weight excluding hydrogens is 457 g/mol. The molecule has 0 aliphatic carbocycles. The Balaban J connectivity index is 0.00000150. The molecule has 33 heavy (non-hydrogen) atoms. The number of thiazole rings is 1. The van der Waals surface area contributed by atoms with E-state index in [-0.39, 0.29) is 11.9 Å². The number of aliphatic imine (C=N–C) groups is 1. The standard InChI is InChI=1S/C18H28N6O2S.C3H5F3/c1-6-20-15(21-8-7-9-24(4)5)10-12(2)17(26)23-13(3)18-22-11-14(27-18)16(19)25;1-2-3(4,5)6/h6,10-11,13H,1,7-9H2,2-5H3,(H2,19,25)(H,20,21)(H,23,26);2H2,1H3/b12-10+;. The lowest BCUT2D eigenvalue weighted by Gasteiger charge is -2.12. The van der Waals surface area contributed by atoms with Crippen LogP contribution < -0.4 is 16.4 Å². The number of amides is 2. The van der Waals surface area contributed by atoms with Crippen molar-refractivity contribution in [3.8, 4) is 0 Å². The molecular formula is C21H33F3N6O2S. The van der Waals surface area contributed by atoms with Gasteiger partial charge >= 0.3 is 6.18 Å². The van der Waals surface area contributed by atoms with Crippen LogP contribution in [0.2, 0.25) is 0 Å². The zero-order valence-electron chi connectivity index (χ0n) is 19.6. The second-order valence-electron chi connectivity index (χ2n) is 7.19. The maximum atomic E-state index is 12.4. The minimum absolute atomic E-state index is 0.245. The quantitative estimate of drug-likeness (QED) is 0.201. The van der Waals surface area contributed by atoms with Gasteiger partial charge in [0.1, 0.15) is 15.7 Å². The summed E-state index contributed by atoms with van der Waals surface area (Å²) in [6.45, 7) is 9.81. The summed E-state index contributed by atoms with van der Waals surface area (Å²) in [5.41, 5.74) is 5.73. The number of primary amides is 1. The van der Waals surface area contributed by atoms with Crippen molar-refractivity contribution in [3.05, 3.63) is 40.5 Å². The third-order valence-electron chi connectivity index (χ3n) is 3.89. The summed E-state index contributed by atoms with van der Waals surface area (Å²) in [6.07, 6.45) is 0.844. The van der Waals surface area contributed by atoms with Crippen molar-refractivity contribution in [1.29, 1.82) is 0 Å². The van der Waals surface area contributed by atoms with Gasteiger partial charge in [-0.1, -0.05) is 13.5 Å². The van der Waals surface area contributed by atoms with Crippen molar-refractivity contribution in [2.75, 3.05) is 27.2 Å². The molecule has 2 amide bonds. The Kier molecular flexibility index (Phi) is 13.9. The highest BCUT2D eigenvalue weighted by Gasteiger charge is 2.22. The van der Waals surface area contributed by atoms with Crippen LogP contribution in [-0.2, 0) is 4.79 Å². The summed E-state index contributed by atoms with van der Waals surface area (Å²) in [7, 11) is 4.02. The van der Waals surface area contributed by atoms with E-state index < -0.39 is 18.5 Å². The first-order chi connectivity index (χ1) is 15.3. The van der Waals surface area contributed by atoms with Gasteiger partial charge in [0.15, 0.2) is 0 Å². The van der Waals surface area contributed by atoms with Gasteiger partial charge < -0.3 is 21.3 Å². The maximum absolute atomic E-state index is 12.4. The highest BCUT2D eigenvalue weighted by Crippen LogP contribution is 2.20. The van der Waals surface area contributed by atoms with E-state index in [9.17, 15) is 22.8 Å². The molecule has 1 aromatic rings. The number of alkyl halides is 3. The fourth-order valence-corrected chi connectivity index (χ4v) is 2.84. The summed E-state index contributed by atoms with van der Waals surface area (Å²) >= 11 is 1.17.